The van der Waals surface area contributed by atoms with Gasteiger partial charge in [-0.15, -0.1) is 0 Å². The van der Waals surface area contributed by atoms with Gasteiger partial charge < -0.3 is 5.32 Å². The first-order valence-electron chi connectivity index (χ1n) is 6.12. The molecule has 2 rings (SSSR count). The van der Waals surface area contributed by atoms with Gasteiger partial charge in [0.2, 0.25) is 5.91 Å². The van der Waals surface area contributed by atoms with Gasteiger partial charge in [-0.25, -0.2) is 0 Å². The van der Waals surface area contributed by atoms with Crippen LogP contribution >= 0.6 is 0 Å². The molecule has 90 valence electrons. The van der Waals surface area contributed by atoms with Gasteiger partial charge in [-0.1, -0.05) is 18.2 Å². The normalized spacial score (nSPS) is 20.9. The lowest BCUT2D eigenvalue weighted by atomic mass is 9.93. The summed E-state index contributed by atoms with van der Waals surface area (Å²) < 4.78 is 0. The molecule has 0 saturated heterocycles. The van der Waals surface area contributed by atoms with E-state index in [0.29, 0.717) is 0 Å². The Balaban J connectivity index is 1.92. The summed E-state index contributed by atoms with van der Waals surface area (Å²) >= 11 is 0. The van der Waals surface area contributed by atoms with Gasteiger partial charge in [0.1, 0.15) is 0 Å². The predicted octanol–water partition coefficient (Wildman–Crippen LogP) is 2.62. The largest absolute Gasteiger partial charge is 0.349 e. The van der Waals surface area contributed by atoms with E-state index in [9.17, 15) is 4.79 Å². The van der Waals surface area contributed by atoms with E-state index in [1.54, 1.807) is 12.4 Å². The van der Waals surface area contributed by atoms with E-state index < -0.39 is 0 Å². The van der Waals surface area contributed by atoms with Gasteiger partial charge in [-0.05, 0) is 37.8 Å². The van der Waals surface area contributed by atoms with E-state index in [4.69, 9.17) is 0 Å². The highest BCUT2D eigenvalue weighted by Crippen LogP contribution is 2.19. The molecule has 2 unspecified atom stereocenters. The zero-order valence-corrected chi connectivity index (χ0v) is 10.1. The van der Waals surface area contributed by atoms with E-state index in [1.807, 2.05) is 19.1 Å². The van der Waals surface area contributed by atoms with E-state index in [-0.39, 0.29) is 17.9 Å². The summed E-state index contributed by atoms with van der Waals surface area (Å²) in [5, 5.41) is 3.05. The molecule has 1 heterocycles. The van der Waals surface area contributed by atoms with Crippen LogP contribution in [0.4, 0.5) is 0 Å². The fourth-order valence-electron chi connectivity index (χ4n) is 2.08. The number of carbonyl (C=O) groups is 1. The maximum absolute atomic E-state index is 12.0. The molecule has 1 N–H and O–H groups in total. The van der Waals surface area contributed by atoms with Crippen LogP contribution < -0.4 is 5.32 Å². The van der Waals surface area contributed by atoms with E-state index in [2.05, 4.69) is 22.5 Å². The predicted molar refractivity (Wildman–Crippen MR) is 67.3 cm³/mol. The molecule has 0 radical (unpaired) electrons. The number of pyridine rings is 1. The lowest BCUT2D eigenvalue weighted by Gasteiger charge is -2.20. The Morgan fingerprint density at radius 2 is 2.41 bits per heavy atom. The molecule has 0 bridgehead atoms. The zero-order valence-electron chi connectivity index (χ0n) is 10.1. The second kappa shape index (κ2) is 5.62. The first-order valence-corrected chi connectivity index (χ1v) is 6.12. The van der Waals surface area contributed by atoms with Crippen LogP contribution in [-0.4, -0.2) is 10.9 Å². The second-order valence-electron chi connectivity index (χ2n) is 4.50. The van der Waals surface area contributed by atoms with Gasteiger partial charge in [0, 0.05) is 18.3 Å². The standard InChI is InChI=1S/C14H18N2O/c1-11(13-8-5-9-15-10-13)16-14(17)12-6-3-2-4-7-12/h2-3,5,8-12H,4,6-7H2,1H3,(H,16,17). The first-order chi connectivity index (χ1) is 8.27. The molecule has 3 nitrogen and oxygen atoms in total. The monoisotopic (exact) mass is 230 g/mol. The highest BCUT2D eigenvalue weighted by Gasteiger charge is 2.20. The van der Waals surface area contributed by atoms with Crippen LogP contribution in [0.3, 0.4) is 0 Å². The number of hydrogen-bond acceptors (Lipinski definition) is 2. The zero-order chi connectivity index (χ0) is 12.1. The molecule has 1 aliphatic rings. The second-order valence-corrected chi connectivity index (χ2v) is 4.50. The molecule has 2 atom stereocenters. The third-order valence-electron chi connectivity index (χ3n) is 3.18. The van der Waals surface area contributed by atoms with Crippen molar-refractivity contribution < 1.29 is 4.79 Å². The van der Waals surface area contributed by atoms with Gasteiger partial charge >= 0.3 is 0 Å². The van der Waals surface area contributed by atoms with Crippen LogP contribution in [0.25, 0.3) is 0 Å². The van der Waals surface area contributed by atoms with Crippen molar-refractivity contribution in [1.29, 1.82) is 0 Å². The van der Waals surface area contributed by atoms with E-state index in [0.717, 1.165) is 24.8 Å². The quantitative estimate of drug-likeness (QED) is 0.811. The number of rotatable bonds is 3. The molecule has 0 saturated carbocycles. The topological polar surface area (TPSA) is 42.0 Å². The Bertz CT molecular complexity index is 400. The van der Waals surface area contributed by atoms with Crippen LogP contribution in [0.1, 0.15) is 37.8 Å². The summed E-state index contributed by atoms with van der Waals surface area (Å²) in [7, 11) is 0. The highest BCUT2D eigenvalue weighted by atomic mass is 16.1. The molecular weight excluding hydrogens is 212 g/mol. The third kappa shape index (κ3) is 3.16. The van der Waals surface area contributed by atoms with Crippen LogP contribution in [0.5, 0.6) is 0 Å². The summed E-state index contributed by atoms with van der Waals surface area (Å²) in [5.41, 5.74) is 1.05. The van der Waals surface area contributed by atoms with Gasteiger partial charge in [-0.3, -0.25) is 9.78 Å². The molecular formula is C14H18N2O. The molecule has 3 heteroatoms. The van der Waals surface area contributed by atoms with Gasteiger partial charge in [0.25, 0.3) is 0 Å². The Kier molecular flexibility index (Phi) is 3.91. The smallest absolute Gasteiger partial charge is 0.223 e. The molecule has 1 aromatic heterocycles. The molecule has 0 aromatic carbocycles. The van der Waals surface area contributed by atoms with Crippen molar-refractivity contribution in [2.45, 2.75) is 32.2 Å². The fraction of sp³-hybridized carbons (Fsp3) is 0.429. The Morgan fingerprint density at radius 3 is 3.06 bits per heavy atom. The minimum atomic E-state index is 0.0297. The van der Waals surface area contributed by atoms with Crippen molar-refractivity contribution in [1.82, 2.24) is 10.3 Å². The summed E-state index contributed by atoms with van der Waals surface area (Å²) in [4.78, 5) is 16.1. The molecule has 17 heavy (non-hydrogen) atoms. The Morgan fingerprint density at radius 1 is 1.53 bits per heavy atom. The molecule has 0 aliphatic heterocycles. The van der Waals surface area contributed by atoms with Crippen molar-refractivity contribution in [2.24, 2.45) is 5.92 Å². The minimum Gasteiger partial charge on any atom is -0.349 e. The number of nitrogens with one attached hydrogen (secondary N) is 1. The van der Waals surface area contributed by atoms with E-state index >= 15 is 0 Å². The van der Waals surface area contributed by atoms with Crippen LogP contribution in [0.2, 0.25) is 0 Å². The first kappa shape index (κ1) is 11.8. The van der Waals surface area contributed by atoms with Crippen molar-refractivity contribution in [2.75, 3.05) is 0 Å². The molecule has 1 aliphatic carbocycles. The van der Waals surface area contributed by atoms with Gasteiger partial charge in [0.05, 0.1) is 6.04 Å². The van der Waals surface area contributed by atoms with Crippen LogP contribution in [-0.2, 0) is 4.79 Å². The summed E-state index contributed by atoms with van der Waals surface area (Å²) in [5.74, 6) is 0.296. The highest BCUT2D eigenvalue weighted by molar-refractivity contribution is 5.79. The number of amides is 1. The number of hydrogen-bond donors (Lipinski definition) is 1. The fourth-order valence-corrected chi connectivity index (χ4v) is 2.08. The molecule has 0 fully saturated rings. The summed E-state index contributed by atoms with van der Waals surface area (Å²) in [6.45, 7) is 1.99. The Labute approximate surface area is 102 Å². The minimum absolute atomic E-state index is 0.0297. The van der Waals surface area contributed by atoms with Crippen molar-refractivity contribution in [3.05, 3.63) is 42.2 Å². The third-order valence-corrected chi connectivity index (χ3v) is 3.18. The van der Waals surface area contributed by atoms with Gasteiger partial charge in [-0.2, -0.15) is 0 Å². The van der Waals surface area contributed by atoms with E-state index in [1.165, 1.54) is 0 Å². The van der Waals surface area contributed by atoms with Crippen molar-refractivity contribution >= 4 is 5.91 Å². The average molecular weight is 230 g/mol. The lowest BCUT2D eigenvalue weighted by molar-refractivity contribution is -0.125. The van der Waals surface area contributed by atoms with Crippen LogP contribution in [0.15, 0.2) is 36.7 Å². The number of allylic oxidation sites excluding steroid dienone is 2. The summed E-state index contributed by atoms with van der Waals surface area (Å²) in [6, 6.07) is 3.90. The van der Waals surface area contributed by atoms with Crippen LogP contribution in [0, 0.1) is 5.92 Å². The lowest BCUT2D eigenvalue weighted by Crippen LogP contribution is -2.33. The summed E-state index contributed by atoms with van der Waals surface area (Å²) in [6.07, 6.45) is 10.6. The van der Waals surface area contributed by atoms with Gasteiger partial charge in [0.15, 0.2) is 0 Å². The number of nitrogens with zero attached hydrogens (tertiary/aromatic N) is 1. The van der Waals surface area contributed by atoms with Crippen molar-refractivity contribution in [3.8, 4) is 0 Å². The average Bonchev–Trinajstić information content (AvgIpc) is 2.40. The number of carbonyl (C=O) groups excluding carboxylic acids is 1. The Hall–Kier alpha value is -1.64. The molecule has 1 aromatic rings. The SMILES string of the molecule is CC(NC(=O)C1CC=CCC1)c1cccnc1. The maximum atomic E-state index is 12.0. The maximum Gasteiger partial charge on any atom is 0.223 e. The number of aromatic nitrogens is 1. The molecule has 0 spiro atoms. The molecule has 1 amide bonds. The van der Waals surface area contributed by atoms with Crippen molar-refractivity contribution in [3.63, 3.8) is 0 Å².